The molecular formula is C26H28N2O4S. The SMILES string of the molecule is COc1ccc2cc(C(C)C(=O)N3CCN(S(=O)(=O)C=Cc4ccccc4)CC3)ccc2c1. The molecule has 1 heterocycles. The molecule has 3 aromatic carbocycles. The predicted molar refractivity (Wildman–Crippen MR) is 131 cm³/mol. The minimum atomic E-state index is -3.53. The summed E-state index contributed by atoms with van der Waals surface area (Å²) < 4.78 is 32.1. The number of hydrogen-bond acceptors (Lipinski definition) is 4. The molecule has 0 N–H and O–H groups in total. The monoisotopic (exact) mass is 464 g/mol. The second-order valence-electron chi connectivity index (χ2n) is 8.18. The maximum absolute atomic E-state index is 13.1. The van der Waals surface area contributed by atoms with E-state index >= 15 is 0 Å². The Labute approximate surface area is 195 Å². The second kappa shape index (κ2) is 9.77. The summed E-state index contributed by atoms with van der Waals surface area (Å²) in [5.41, 5.74) is 1.77. The van der Waals surface area contributed by atoms with Crippen LogP contribution in [0.1, 0.15) is 24.0 Å². The van der Waals surface area contributed by atoms with Crippen molar-refractivity contribution in [3.63, 3.8) is 0 Å². The molecule has 0 aliphatic carbocycles. The van der Waals surface area contributed by atoms with E-state index in [-0.39, 0.29) is 24.9 Å². The van der Waals surface area contributed by atoms with Crippen molar-refractivity contribution in [3.05, 3.63) is 83.3 Å². The fourth-order valence-electron chi connectivity index (χ4n) is 4.03. The first-order chi connectivity index (χ1) is 15.9. The van der Waals surface area contributed by atoms with E-state index in [1.807, 2.05) is 73.7 Å². The van der Waals surface area contributed by atoms with Gasteiger partial charge in [0.15, 0.2) is 0 Å². The number of nitrogens with zero attached hydrogens (tertiary/aromatic N) is 2. The summed E-state index contributed by atoms with van der Waals surface area (Å²) in [5.74, 6) is 0.503. The molecule has 6 nitrogen and oxygen atoms in total. The number of amides is 1. The summed E-state index contributed by atoms with van der Waals surface area (Å²) in [6, 6.07) is 21.2. The minimum absolute atomic E-state index is 0.0136. The summed E-state index contributed by atoms with van der Waals surface area (Å²) in [5, 5.41) is 3.35. The highest BCUT2D eigenvalue weighted by Crippen LogP contribution is 2.26. The molecule has 1 unspecified atom stereocenters. The van der Waals surface area contributed by atoms with Gasteiger partial charge in [0.05, 0.1) is 13.0 Å². The van der Waals surface area contributed by atoms with Crippen molar-refractivity contribution < 1.29 is 17.9 Å². The van der Waals surface area contributed by atoms with Gasteiger partial charge in [-0.25, -0.2) is 8.42 Å². The number of methoxy groups -OCH3 is 1. The van der Waals surface area contributed by atoms with Crippen molar-refractivity contribution >= 4 is 32.8 Å². The van der Waals surface area contributed by atoms with Crippen molar-refractivity contribution in [2.75, 3.05) is 33.3 Å². The molecule has 1 saturated heterocycles. The Morgan fingerprint density at radius 3 is 2.30 bits per heavy atom. The second-order valence-corrected chi connectivity index (χ2v) is 10.00. The third-order valence-corrected chi connectivity index (χ3v) is 7.65. The number of fused-ring (bicyclic) bond motifs is 1. The Bertz CT molecular complexity index is 1260. The fourth-order valence-corrected chi connectivity index (χ4v) is 5.21. The molecule has 1 aliphatic rings. The maximum atomic E-state index is 13.1. The van der Waals surface area contributed by atoms with Crippen molar-refractivity contribution in [2.45, 2.75) is 12.8 Å². The van der Waals surface area contributed by atoms with Crippen LogP contribution in [-0.2, 0) is 14.8 Å². The van der Waals surface area contributed by atoms with Crippen LogP contribution in [0.5, 0.6) is 5.75 Å². The molecule has 1 fully saturated rings. The Kier molecular flexibility index (Phi) is 6.81. The number of ether oxygens (including phenoxy) is 1. The van der Waals surface area contributed by atoms with E-state index in [0.29, 0.717) is 13.1 Å². The molecule has 4 rings (SSSR count). The van der Waals surface area contributed by atoms with Crippen LogP contribution >= 0.6 is 0 Å². The first kappa shape index (κ1) is 23.0. The average molecular weight is 465 g/mol. The standard InChI is InChI=1S/C26H28N2O4S/c1-20(22-8-9-24-19-25(32-2)11-10-23(24)18-22)26(29)27-13-15-28(16-14-27)33(30,31)17-12-21-6-4-3-5-7-21/h3-12,17-20H,13-16H2,1-2H3. The largest absolute Gasteiger partial charge is 0.497 e. The van der Waals surface area contributed by atoms with Gasteiger partial charge in [0, 0.05) is 31.6 Å². The van der Waals surface area contributed by atoms with Crippen molar-refractivity contribution in [3.8, 4) is 5.75 Å². The van der Waals surface area contributed by atoms with E-state index in [9.17, 15) is 13.2 Å². The first-order valence-corrected chi connectivity index (χ1v) is 12.5. The van der Waals surface area contributed by atoms with Gasteiger partial charge in [0.25, 0.3) is 0 Å². The number of benzene rings is 3. The fraction of sp³-hybridized carbons (Fsp3) is 0.269. The molecular weight excluding hydrogens is 436 g/mol. The molecule has 0 radical (unpaired) electrons. The Hall–Kier alpha value is -3.16. The van der Waals surface area contributed by atoms with E-state index < -0.39 is 10.0 Å². The van der Waals surface area contributed by atoms with Gasteiger partial charge in [0.2, 0.25) is 15.9 Å². The quantitative estimate of drug-likeness (QED) is 0.551. The van der Waals surface area contributed by atoms with E-state index in [1.165, 1.54) is 9.71 Å². The summed E-state index contributed by atoms with van der Waals surface area (Å²) in [6.07, 6.45) is 1.60. The Balaban J connectivity index is 1.39. The molecule has 1 atom stereocenters. The van der Waals surface area contributed by atoms with Gasteiger partial charge in [0.1, 0.15) is 5.75 Å². The number of piperazine rings is 1. The van der Waals surface area contributed by atoms with Gasteiger partial charge in [-0.15, -0.1) is 0 Å². The molecule has 0 spiro atoms. The topological polar surface area (TPSA) is 66.9 Å². The normalized spacial score (nSPS) is 16.2. The van der Waals surface area contributed by atoms with Crippen LogP contribution in [0, 0.1) is 0 Å². The predicted octanol–water partition coefficient (Wildman–Crippen LogP) is 4.10. The third kappa shape index (κ3) is 5.26. The van der Waals surface area contributed by atoms with Crippen molar-refractivity contribution in [1.82, 2.24) is 9.21 Å². The zero-order chi connectivity index (χ0) is 23.4. The van der Waals surface area contributed by atoms with Crippen LogP contribution in [0.15, 0.2) is 72.1 Å². The first-order valence-electron chi connectivity index (χ1n) is 11.0. The van der Waals surface area contributed by atoms with Crippen LogP contribution in [0.4, 0.5) is 0 Å². The van der Waals surface area contributed by atoms with Crippen molar-refractivity contribution in [2.24, 2.45) is 0 Å². The summed E-state index contributed by atoms with van der Waals surface area (Å²) in [4.78, 5) is 14.9. The number of carbonyl (C=O) groups is 1. The van der Waals surface area contributed by atoms with Gasteiger partial charge in [-0.3, -0.25) is 4.79 Å². The van der Waals surface area contributed by atoms with Gasteiger partial charge >= 0.3 is 0 Å². The van der Waals surface area contributed by atoms with Crippen LogP contribution in [0.3, 0.4) is 0 Å². The number of sulfonamides is 1. The van der Waals surface area contributed by atoms with Gasteiger partial charge in [-0.1, -0.05) is 54.6 Å². The highest BCUT2D eigenvalue weighted by molar-refractivity contribution is 7.92. The Morgan fingerprint density at radius 2 is 1.61 bits per heavy atom. The lowest BCUT2D eigenvalue weighted by Crippen LogP contribution is -2.51. The summed E-state index contributed by atoms with van der Waals surface area (Å²) >= 11 is 0. The minimum Gasteiger partial charge on any atom is -0.497 e. The zero-order valence-corrected chi connectivity index (χ0v) is 19.7. The lowest BCUT2D eigenvalue weighted by molar-refractivity contribution is -0.133. The van der Waals surface area contributed by atoms with E-state index in [2.05, 4.69) is 0 Å². The van der Waals surface area contributed by atoms with E-state index in [0.717, 1.165) is 27.6 Å². The lowest BCUT2D eigenvalue weighted by atomic mass is 9.96. The third-order valence-electron chi connectivity index (χ3n) is 6.08. The number of hydrogen-bond donors (Lipinski definition) is 0. The molecule has 1 amide bonds. The molecule has 7 heteroatoms. The van der Waals surface area contributed by atoms with Gasteiger partial charge in [-0.2, -0.15) is 4.31 Å². The highest BCUT2D eigenvalue weighted by atomic mass is 32.2. The van der Waals surface area contributed by atoms with Crippen LogP contribution in [0.25, 0.3) is 16.8 Å². The number of carbonyl (C=O) groups excluding carboxylic acids is 1. The van der Waals surface area contributed by atoms with Crippen LogP contribution < -0.4 is 4.74 Å². The highest BCUT2D eigenvalue weighted by Gasteiger charge is 2.29. The molecule has 0 bridgehead atoms. The maximum Gasteiger partial charge on any atom is 0.236 e. The summed E-state index contributed by atoms with van der Waals surface area (Å²) in [7, 11) is -1.89. The average Bonchev–Trinajstić information content (AvgIpc) is 2.86. The molecule has 172 valence electrons. The summed E-state index contributed by atoms with van der Waals surface area (Å²) in [6.45, 7) is 3.24. The molecule has 1 aliphatic heterocycles. The molecule has 0 aromatic heterocycles. The van der Waals surface area contributed by atoms with Crippen LogP contribution in [-0.4, -0.2) is 56.8 Å². The Morgan fingerprint density at radius 1 is 0.939 bits per heavy atom. The van der Waals surface area contributed by atoms with Crippen molar-refractivity contribution in [1.29, 1.82) is 0 Å². The number of rotatable bonds is 6. The molecule has 3 aromatic rings. The van der Waals surface area contributed by atoms with Gasteiger partial charge in [-0.05, 0) is 47.0 Å². The van der Waals surface area contributed by atoms with E-state index in [4.69, 9.17) is 4.74 Å². The van der Waals surface area contributed by atoms with Gasteiger partial charge < -0.3 is 9.64 Å². The smallest absolute Gasteiger partial charge is 0.236 e. The zero-order valence-electron chi connectivity index (χ0n) is 18.8. The van der Waals surface area contributed by atoms with Crippen LogP contribution in [0.2, 0.25) is 0 Å². The molecule has 33 heavy (non-hydrogen) atoms. The molecule has 0 saturated carbocycles. The van der Waals surface area contributed by atoms with E-state index in [1.54, 1.807) is 18.1 Å². The lowest BCUT2D eigenvalue weighted by Gasteiger charge is -2.34.